The van der Waals surface area contributed by atoms with Gasteiger partial charge in [-0.2, -0.15) is 0 Å². The van der Waals surface area contributed by atoms with Crippen molar-refractivity contribution in [3.63, 3.8) is 0 Å². The van der Waals surface area contributed by atoms with Gasteiger partial charge in [-0.25, -0.2) is 0 Å². The van der Waals surface area contributed by atoms with E-state index in [1.54, 1.807) is 0 Å². The molecule has 1 fully saturated rings. The monoisotopic (exact) mass is 184 g/mol. The zero-order valence-corrected chi connectivity index (χ0v) is 9.55. The van der Waals surface area contributed by atoms with Crippen LogP contribution in [0.1, 0.15) is 47.0 Å². The van der Waals surface area contributed by atoms with E-state index in [2.05, 4.69) is 27.7 Å². The van der Waals surface area contributed by atoms with Crippen LogP contribution in [0.3, 0.4) is 0 Å². The van der Waals surface area contributed by atoms with E-state index in [1.165, 1.54) is 19.3 Å². The lowest BCUT2D eigenvalue weighted by atomic mass is 9.73. The lowest BCUT2D eigenvalue weighted by molar-refractivity contribution is -0.00126. The minimum atomic E-state index is 0.551. The van der Waals surface area contributed by atoms with Crippen LogP contribution < -0.4 is 0 Å². The van der Waals surface area contributed by atoms with Crippen molar-refractivity contribution in [1.82, 2.24) is 0 Å². The lowest BCUT2D eigenvalue weighted by Gasteiger charge is -2.36. The first-order valence-corrected chi connectivity index (χ1v) is 5.76. The van der Waals surface area contributed by atoms with E-state index in [1.807, 2.05) is 0 Å². The molecular weight excluding hydrogens is 160 g/mol. The van der Waals surface area contributed by atoms with Crippen molar-refractivity contribution in [3.8, 4) is 0 Å². The van der Waals surface area contributed by atoms with Gasteiger partial charge in [-0.05, 0) is 43.9 Å². The topological polar surface area (TPSA) is 9.23 Å². The Morgan fingerprint density at radius 3 is 2.46 bits per heavy atom. The summed E-state index contributed by atoms with van der Waals surface area (Å²) in [5.74, 6) is 2.62. The van der Waals surface area contributed by atoms with Crippen LogP contribution in [0.15, 0.2) is 0 Å². The first-order valence-electron chi connectivity index (χ1n) is 5.76. The summed E-state index contributed by atoms with van der Waals surface area (Å²) in [5, 5.41) is 0. The van der Waals surface area contributed by atoms with Crippen LogP contribution >= 0.6 is 0 Å². The maximum Gasteiger partial charge on any atom is 0.0577 e. The second-order valence-electron chi connectivity index (χ2n) is 4.78. The number of hydrogen-bond donors (Lipinski definition) is 0. The predicted molar refractivity (Wildman–Crippen MR) is 56.8 cm³/mol. The second kappa shape index (κ2) is 4.99. The molecule has 1 aliphatic carbocycles. The SMILES string of the molecule is CCO[C@H]1CCC(C(C)C)C(C)C1. The van der Waals surface area contributed by atoms with Gasteiger partial charge in [0.2, 0.25) is 0 Å². The minimum Gasteiger partial charge on any atom is -0.378 e. The Hall–Kier alpha value is -0.0400. The van der Waals surface area contributed by atoms with Gasteiger partial charge < -0.3 is 4.74 Å². The molecule has 0 aromatic rings. The fraction of sp³-hybridized carbons (Fsp3) is 1.00. The fourth-order valence-electron chi connectivity index (χ4n) is 2.75. The third kappa shape index (κ3) is 2.98. The Balaban J connectivity index is 2.37. The molecule has 0 aromatic heterocycles. The van der Waals surface area contributed by atoms with Crippen LogP contribution in [0.25, 0.3) is 0 Å². The van der Waals surface area contributed by atoms with Crippen LogP contribution in [0.4, 0.5) is 0 Å². The van der Waals surface area contributed by atoms with Gasteiger partial charge in [-0.15, -0.1) is 0 Å². The average molecular weight is 184 g/mol. The van der Waals surface area contributed by atoms with Gasteiger partial charge in [0.25, 0.3) is 0 Å². The Bertz CT molecular complexity index is 142. The Labute approximate surface area is 82.9 Å². The first kappa shape index (κ1) is 11.0. The van der Waals surface area contributed by atoms with Crippen molar-refractivity contribution in [2.24, 2.45) is 17.8 Å². The molecule has 1 saturated carbocycles. The average Bonchev–Trinajstić information content (AvgIpc) is 2.04. The molecular formula is C12H24O. The van der Waals surface area contributed by atoms with Crippen molar-refractivity contribution >= 4 is 0 Å². The van der Waals surface area contributed by atoms with Crippen LogP contribution in [0, 0.1) is 17.8 Å². The Kier molecular flexibility index (Phi) is 4.24. The molecule has 1 nitrogen and oxygen atoms in total. The van der Waals surface area contributed by atoms with Crippen molar-refractivity contribution in [2.75, 3.05) is 6.61 Å². The normalized spacial score (nSPS) is 35.3. The molecule has 0 amide bonds. The zero-order chi connectivity index (χ0) is 9.84. The molecule has 0 spiro atoms. The third-order valence-corrected chi connectivity index (χ3v) is 3.45. The van der Waals surface area contributed by atoms with Gasteiger partial charge in [0.1, 0.15) is 0 Å². The number of rotatable bonds is 3. The highest BCUT2D eigenvalue weighted by molar-refractivity contribution is 4.79. The molecule has 1 rings (SSSR count). The summed E-state index contributed by atoms with van der Waals surface area (Å²) in [7, 11) is 0. The molecule has 0 aliphatic heterocycles. The van der Waals surface area contributed by atoms with E-state index in [4.69, 9.17) is 4.74 Å². The van der Waals surface area contributed by atoms with Crippen molar-refractivity contribution in [3.05, 3.63) is 0 Å². The standard InChI is InChI=1S/C12H24O/c1-5-13-11-6-7-12(9(2)3)10(4)8-11/h9-12H,5-8H2,1-4H3/t10?,11-,12?/m0/s1. The minimum absolute atomic E-state index is 0.551. The summed E-state index contributed by atoms with van der Waals surface area (Å²) in [6.45, 7) is 10.1. The molecule has 0 radical (unpaired) electrons. The van der Waals surface area contributed by atoms with Crippen LogP contribution in [0.5, 0.6) is 0 Å². The highest BCUT2D eigenvalue weighted by Crippen LogP contribution is 2.35. The maximum absolute atomic E-state index is 5.68. The summed E-state index contributed by atoms with van der Waals surface area (Å²) < 4.78 is 5.68. The Morgan fingerprint density at radius 2 is 2.00 bits per heavy atom. The van der Waals surface area contributed by atoms with Crippen LogP contribution in [-0.2, 0) is 4.74 Å². The third-order valence-electron chi connectivity index (χ3n) is 3.45. The van der Waals surface area contributed by atoms with Gasteiger partial charge in [0, 0.05) is 6.61 Å². The lowest BCUT2D eigenvalue weighted by Crippen LogP contribution is -2.30. The first-order chi connectivity index (χ1) is 6.15. The van der Waals surface area contributed by atoms with E-state index in [9.17, 15) is 0 Å². The summed E-state index contributed by atoms with van der Waals surface area (Å²) in [6, 6.07) is 0. The van der Waals surface area contributed by atoms with E-state index in [0.717, 1.165) is 24.4 Å². The van der Waals surface area contributed by atoms with E-state index in [0.29, 0.717) is 6.10 Å². The molecule has 2 unspecified atom stereocenters. The molecule has 0 bridgehead atoms. The number of hydrogen-bond acceptors (Lipinski definition) is 1. The molecule has 0 aromatic carbocycles. The largest absolute Gasteiger partial charge is 0.378 e. The smallest absolute Gasteiger partial charge is 0.0577 e. The van der Waals surface area contributed by atoms with E-state index >= 15 is 0 Å². The predicted octanol–water partition coefficient (Wildman–Crippen LogP) is 3.48. The van der Waals surface area contributed by atoms with Crippen molar-refractivity contribution < 1.29 is 4.74 Å². The number of ether oxygens (including phenoxy) is 1. The van der Waals surface area contributed by atoms with Gasteiger partial charge in [-0.1, -0.05) is 20.8 Å². The molecule has 0 N–H and O–H groups in total. The van der Waals surface area contributed by atoms with E-state index in [-0.39, 0.29) is 0 Å². The molecule has 13 heavy (non-hydrogen) atoms. The quantitative estimate of drug-likeness (QED) is 0.652. The molecule has 1 heteroatoms. The van der Waals surface area contributed by atoms with E-state index < -0.39 is 0 Å². The summed E-state index contributed by atoms with van der Waals surface area (Å²) >= 11 is 0. The molecule has 0 heterocycles. The summed E-state index contributed by atoms with van der Waals surface area (Å²) in [5.41, 5.74) is 0. The summed E-state index contributed by atoms with van der Waals surface area (Å²) in [4.78, 5) is 0. The van der Waals surface area contributed by atoms with Gasteiger partial charge >= 0.3 is 0 Å². The zero-order valence-electron chi connectivity index (χ0n) is 9.55. The second-order valence-corrected chi connectivity index (χ2v) is 4.78. The molecule has 3 atom stereocenters. The Morgan fingerprint density at radius 1 is 1.31 bits per heavy atom. The summed E-state index contributed by atoms with van der Waals surface area (Å²) in [6.07, 6.45) is 4.47. The highest BCUT2D eigenvalue weighted by atomic mass is 16.5. The van der Waals surface area contributed by atoms with Gasteiger partial charge in [0.05, 0.1) is 6.10 Å². The molecule has 78 valence electrons. The molecule has 0 saturated heterocycles. The van der Waals surface area contributed by atoms with Crippen LogP contribution in [0.2, 0.25) is 0 Å². The van der Waals surface area contributed by atoms with Crippen LogP contribution in [-0.4, -0.2) is 12.7 Å². The highest BCUT2D eigenvalue weighted by Gasteiger charge is 2.29. The van der Waals surface area contributed by atoms with Gasteiger partial charge in [0.15, 0.2) is 0 Å². The van der Waals surface area contributed by atoms with Gasteiger partial charge in [-0.3, -0.25) is 0 Å². The van der Waals surface area contributed by atoms with Crippen molar-refractivity contribution in [1.29, 1.82) is 0 Å². The van der Waals surface area contributed by atoms with Crippen molar-refractivity contribution in [2.45, 2.75) is 53.1 Å². The fourth-order valence-corrected chi connectivity index (χ4v) is 2.75. The molecule has 1 aliphatic rings. The maximum atomic E-state index is 5.68.